The first-order chi connectivity index (χ1) is 12.4. The Hall–Kier alpha value is -2.57. The third-order valence-corrected chi connectivity index (χ3v) is 5.91. The number of aromatic nitrogens is 2. The highest BCUT2D eigenvalue weighted by atomic mass is 32.2. The molecule has 1 aromatic rings. The van der Waals surface area contributed by atoms with Gasteiger partial charge in [0, 0.05) is 35.8 Å². The van der Waals surface area contributed by atoms with E-state index in [4.69, 9.17) is 11.5 Å². The van der Waals surface area contributed by atoms with E-state index in [1.165, 1.54) is 11.8 Å². The Morgan fingerprint density at radius 3 is 2.92 bits per heavy atom. The van der Waals surface area contributed by atoms with Crippen LogP contribution in [0.4, 0.5) is 8.78 Å². The van der Waals surface area contributed by atoms with Crippen LogP contribution in [0, 0.1) is 0 Å². The molecule has 2 aliphatic heterocycles. The van der Waals surface area contributed by atoms with E-state index in [-0.39, 0.29) is 11.3 Å². The van der Waals surface area contributed by atoms with E-state index in [2.05, 4.69) is 26.6 Å². The van der Waals surface area contributed by atoms with Crippen molar-refractivity contribution >= 4 is 17.7 Å². The first kappa shape index (κ1) is 16.9. The molecule has 134 valence electrons. The zero-order chi connectivity index (χ0) is 18.4. The summed E-state index contributed by atoms with van der Waals surface area (Å²) in [4.78, 5) is 13.5. The quantitative estimate of drug-likeness (QED) is 0.701. The molecule has 0 radical (unpaired) electrons. The van der Waals surface area contributed by atoms with Crippen molar-refractivity contribution in [2.45, 2.75) is 30.8 Å². The van der Waals surface area contributed by atoms with Crippen LogP contribution in [0.25, 0.3) is 0 Å². The Labute approximate surface area is 152 Å². The molecule has 0 bridgehead atoms. The lowest BCUT2D eigenvalue weighted by Gasteiger charge is -2.33. The maximum atomic E-state index is 14.0. The number of hydrogen-bond acceptors (Lipinski definition) is 5. The number of nitrogens with two attached hydrogens (primary N) is 2. The van der Waals surface area contributed by atoms with Crippen LogP contribution in [-0.4, -0.2) is 32.3 Å². The van der Waals surface area contributed by atoms with Gasteiger partial charge in [-0.15, -0.1) is 11.8 Å². The molecule has 1 aromatic heterocycles. The Balaban J connectivity index is 1.52. The molecule has 9 heteroatoms. The number of aromatic amines is 1. The summed E-state index contributed by atoms with van der Waals surface area (Å²) in [6.45, 7) is 1.07. The molecule has 4 rings (SSSR count). The fraction of sp³-hybridized carbons (Fsp3) is 0.294. The Kier molecular flexibility index (Phi) is 4.09. The lowest BCUT2D eigenvalue weighted by Crippen LogP contribution is -2.38. The van der Waals surface area contributed by atoms with Gasteiger partial charge >= 0.3 is 0 Å². The topological polar surface area (TPSA) is 101 Å². The number of primary amides is 1. The van der Waals surface area contributed by atoms with Crippen LogP contribution in [0.5, 0.6) is 0 Å². The standard InChI is InChI=1S/C17H15F2N5OS/c18-8-1-2-12(19)10(3-8)16-13(20)4-9(7-26-16)24-5-11-14(6-24)22-23-15(11)17(21)25/h3,7,13,16H,4-6,20H2,(H2,21,25)(H,22,23)/t13-,16?/m0/s1. The van der Waals surface area contributed by atoms with Gasteiger partial charge in [-0.1, -0.05) is 0 Å². The lowest BCUT2D eigenvalue weighted by atomic mass is 9.99. The molecule has 0 aromatic carbocycles. The zero-order valence-electron chi connectivity index (χ0n) is 13.6. The van der Waals surface area contributed by atoms with Crippen LogP contribution in [0.2, 0.25) is 0 Å². The van der Waals surface area contributed by atoms with Crippen molar-refractivity contribution in [1.82, 2.24) is 15.1 Å². The van der Waals surface area contributed by atoms with Crippen LogP contribution in [0.3, 0.4) is 0 Å². The van der Waals surface area contributed by atoms with E-state index in [0.717, 1.165) is 23.0 Å². The maximum absolute atomic E-state index is 14.0. The Morgan fingerprint density at radius 1 is 1.38 bits per heavy atom. The third kappa shape index (κ3) is 2.81. The number of carbonyl (C=O) groups excluding carboxylic acids is 1. The first-order valence-corrected chi connectivity index (χ1v) is 8.88. The predicted molar refractivity (Wildman–Crippen MR) is 92.8 cm³/mol. The van der Waals surface area contributed by atoms with Crippen molar-refractivity contribution in [3.63, 3.8) is 0 Å². The van der Waals surface area contributed by atoms with Gasteiger partial charge in [0.2, 0.25) is 0 Å². The van der Waals surface area contributed by atoms with E-state index in [1.807, 2.05) is 5.41 Å². The highest BCUT2D eigenvalue weighted by Crippen LogP contribution is 2.39. The number of fused-ring (bicyclic) bond motifs is 1. The van der Waals surface area contributed by atoms with Gasteiger partial charge in [0.05, 0.1) is 17.5 Å². The van der Waals surface area contributed by atoms with Gasteiger partial charge in [0.1, 0.15) is 0 Å². The summed E-state index contributed by atoms with van der Waals surface area (Å²) in [6.07, 6.45) is 1.62. The van der Waals surface area contributed by atoms with Crippen LogP contribution in [0.15, 0.2) is 45.9 Å². The van der Waals surface area contributed by atoms with Crippen molar-refractivity contribution in [2.24, 2.45) is 11.5 Å². The highest BCUT2D eigenvalue weighted by Gasteiger charge is 2.34. The second-order valence-corrected chi connectivity index (χ2v) is 7.31. The molecule has 5 N–H and O–H groups in total. The minimum absolute atomic E-state index is 0.195. The molecule has 0 saturated carbocycles. The van der Waals surface area contributed by atoms with Crippen molar-refractivity contribution in [2.75, 3.05) is 0 Å². The summed E-state index contributed by atoms with van der Waals surface area (Å²) < 4.78 is 27.4. The minimum Gasteiger partial charge on any atom is -0.364 e. The first-order valence-electron chi connectivity index (χ1n) is 7.94. The number of H-pyrrole nitrogens is 1. The largest absolute Gasteiger partial charge is 0.364 e. The van der Waals surface area contributed by atoms with Crippen molar-refractivity contribution in [3.8, 4) is 0 Å². The van der Waals surface area contributed by atoms with Gasteiger partial charge in [-0.2, -0.15) is 13.9 Å². The second-order valence-electron chi connectivity index (χ2n) is 6.30. The van der Waals surface area contributed by atoms with Crippen molar-refractivity contribution < 1.29 is 13.6 Å². The van der Waals surface area contributed by atoms with E-state index in [1.54, 1.807) is 0 Å². The molecule has 0 saturated heterocycles. The number of amides is 1. The fourth-order valence-corrected chi connectivity index (χ4v) is 4.50. The van der Waals surface area contributed by atoms with Gasteiger partial charge in [-0.3, -0.25) is 9.89 Å². The SMILES string of the molecule is NC(=O)c1n[nH]c2c1CN(C1=CSC(C3=CC(F)=C=C=C3F)[C@@H](N)C1)C2. The normalized spacial score (nSPS) is 24.7. The van der Waals surface area contributed by atoms with Crippen LogP contribution in [0.1, 0.15) is 28.2 Å². The summed E-state index contributed by atoms with van der Waals surface area (Å²) in [5.41, 5.74) is 18.9. The second kappa shape index (κ2) is 6.30. The molecule has 26 heavy (non-hydrogen) atoms. The Morgan fingerprint density at radius 2 is 2.19 bits per heavy atom. The van der Waals surface area contributed by atoms with E-state index >= 15 is 0 Å². The third-order valence-electron chi connectivity index (χ3n) is 4.61. The van der Waals surface area contributed by atoms with Gasteiger partial charge in [-0.25, -0.2) is 0 Å². The number of hydrogen-bond donors (Lipinski definition) is 3. The summed E-state index contributed by atoms with van der Waals surface area (Å²) in [7, 11) is 0. The number of rotatable bonds is 3. The predicted octanol–water partition coefficient (Wildman–Crippen LogP) is 1.90. The number of allylic oxidation sites excluding steroid dienone is 3. The average molecular weight is 375 g/mol. The number of nitrogens with zero attached hydrogens (tertiary/aromatic N) is 2. The Bertz CT molecular complexity index is 966. The molecular weight excluding hydrogens is 360 g/mol. The number of nitrogens with one attached hydrogen (secondary N) is 1. The molecule has 0 fully saturated rings. The fourth-order valence-electron chi connectivity index (χ4n) is 3.33. The van der Waals surface area contributed by atoms with E-state index in [0.29, 0.717) is 19.5 Å². The summed E-state index contributed by atoms with van der Waals surface area (Å²) >= 11 is 1.35. The molecule has 6 nitrogen and oxygen atoms in total. The van der Waals surface area contributed by atoms with Gasteiger partial charge < -0.3 is 16.4 Å². The number of thioether (sulfide) groups is 1. The van der Waals surface area contributed by atoms with Gasteiger partial charge in [0.25, 0.3) is 5.91 Å². The highest BCUT2D eigenvalue weighted by molar-refractivity contribution is 8.03. The summed E-state index contributed by atoms with van der Waals surface area (Å²) in [5, 5.41) is 8.29. The average Bonchev–Trinajstić information content (AvgIpc) is 3.17. The molecule has 1 aliphatic carbocycles. The van der Waals surface area contributed by atoms with Crippen LogP contribution < -0.4 is 11.5 Å². The van der Waals surface area contributed by atoms with Gasteiger partial charge in [-0.05, 0) is 22.9 Å². The van der Waals surface area contributed by atoms with Crippen LogP contribution >= 0.6 is 11.8 Å². The summed E-state index contributed by atoms with van der Waals surface area (Å²) in [6, 6.07) is -0.391. The van der Waals surface area contributed by atoms with E-state index < -0.39 is 28.9 Å². The molecule has 0 spiro atoms. The monoisotopic (exact) mass is 375 g/mol. The molecule has 3 heterocycles. The zero-order valence-corrected chi connectivity index (χ0v) is 14.4. The van der Waals surface area contributed by atoms with E-state index in [9.17, 15) is 13.6 Å². The lowest BCUT2D eigenvalue weighted by molar-refractivity contribution is 0.0994. The number of carbonyl (C=O) groups is 1. The molecule has 3 aliphatic rings. The van der Waals surface area contributed by atoms with Crippen molar-refractivity contribution in [3.05, 3.63) is 62.8 Å². The van der Waals surface area contributed by atoms with Gasteiger partial charge in [0.15, 0.2) is 17.3 Å². The smallest absolute Gasteiger partial charge is 0.269 e. The summed E-state index contributed by atoms with van der Waals surface area (Å²) in [5.74, 6) is -1.86. The van der Waals surface area contributed by atoms with Crippen molar-refractivity contribution in [1.29, 1.82) is 0 Å². The molecular formula is C17H15F2N5OS. The number of halogens is 2. The molecule has 1 unspecified atom stereocenters. The molecule has 1 amide bonds. The minimum atomic E-state index is -0.659. The molecule has 2 atom stereocenters. The van der Waals surface area contributed by atoms with Crippen LogP contribution in [-0.2, 0) is 13.1 Å². The maximum Gasteiger partial charge on any atom is 0.269 e.